The van der Waals surface area contributed by atoms with Gasteiger partial charge in [-0.3, -0.25) is 4.57 Å². The second-order valence-electron chi connectivity index (χ2n) is 4.33. The van der Waals surface area contributed by atoms with E-state index in [2.05, 4.69) is 4.98 Å². The highest BCUT2D eigenvalue weighted by Gasteiger charge is 2.21. The van der Waals surface area contributed by atoms with Gasteiger partial charge in [0.2, 0.25) is 0 Å². The van der Waals surface area contributed by atoms with Crippen LogP contribution in [0.4, 0.5) is 5.82 Å². The van der Waals surface area contributed by atoms with Crippen LogP contribution in [-0.2, 0) is 4.74 Å². The molecule has 1 aromatic heterocycles. The third kappa shape index (κ3) is 2.36. The first-order valence-electron chi connectivity index (χ1n) is 6.24. The van der Waals surface area contributed by atoms with Crippen molar-refractivity contribution in [3.63, 3.8) is 0 Å². The second kappa shape index (κ2) is 5.54. The second-order valence-corrected chi connectivity index (χ2v) is 4.74. The van der Waals surface area contributed by atoms with Gasteiger partial charge in [-0.25, -0.2) is 9.78 Å². The molecule has 0 amide bonds. The molecule has 0 fully saturated rings. The van der Waals surface area contributed by atoms with Gasteiger partial charge >= 0.3 is 5.97 Å². The molecule has 1 aromatic carbocycles. The molecule has 0 atom stereocenters. The van der Waals surface area contributed by atoms with Gasteiger partial charge in [0.1, 0.15) is 11.6 Å². The third-order valence-electron chi connectivity index (χ3n) is 3.03. The molecule has 0 spiro atoms. The number of benzene rings is 1. The SMILES string of the molecule is CCOC(=O)c1nc(C)n(-c2cccc(Cl)c2C)c1N. The zero-order valence-electron chi connectivity index (χ0n) is 11.6. The number of rotatable bonds is 3. The summed E-state index contributed by atoms with van der Waals surface area (Å²) in [5.41, 5.74) is 7.84. The highest BCUT2D eigenvalue weighted by atomic mass is 35.5. The molecule has 5 nitrogen and oxygen atoms in total. The molecule has 0 aliphatic rings. The molecule has 2 N–H and O–H groups in total. The number of imidazole rings is 1. The number of nitrogen functional groups attached to an aromatic ring is 1. The summed E-state index contributed by atoms with van der Waals surface area (Å²) >= 11 is 6.12. The lowest BCUT2D eigenvalue weighted by Gasteiger charge is -2.12. The van der Waals surface area contributed by atoms with E-state index in [0.717, 1.165) is 11.3 Å². The van der Waals surface area contributed by atoms with Crippen molar-refractivity contribution in [2.24, 2.45) is 0 Å². The number of anilines is 1. The van der Waals surface area contributed by atoms with Gasteiger partial charge in [-0.1, -0.05) is 17.7 Å². The molecule has 1 heterocycles. The Morgan fingerprint density at radius 3 is 2.80 bits per heavy atom. The fraction of sp³-hybridized carbons (Fsp3) is 0.286. The summed E-state index contributed by atoms with van der Waals surface area (Å²) in [6.45, 7) is 5.68. The third-order valence-corrected chi connectivity index (χ3v) is 3.44. The Hall–Kier alpha value is -2.01. The van der Waals surface area contributed by atoms with Crippen molar-refractivity contribution in [1.82, 2.24) is 9.55 Å². The fourth-order valence-corrected chi connectivity index (χ4v) is 2.21. The van der Waals surface area contributed by atoms with Crippen molar-refractivity contribution in [3.8, 4) is 5.69 Å². The Balaban J connectivity index is 2.59. The van der Waals surface area contributed by atoms with Crippen LogP contribution >= 0.6 is 11.6 Å². The molecule has 0 saturated carbocycles. The number of halogens is 1. The minimum Gasteiger partial charge on any atom is -0.461 e. The Kier molecular flexibility index (Phi) is 3.99. The van der Waals surface area contributed by atoms with E-state index >= 15 is 0 Å². The van der Waals surface area contributed by atoms with Gasteiger partial charge in [-0.2, -0.15) is 0 Å². The molecule has 6 heteroatoms. The summed E-state index contributed by atoms with van der Waals surface area (Å²) in [6.07, 6.45) is 0. The predicted octanol–water partition coefficient (Wildman–Crippen LogP) is 2.90. The molecule has 0 aliphatic carbocycles. The van der Waals surface area contributed by atoms with Crippen molar-refractivity contribution >= 4 is 23.4 Å². The lowest BCUT2D eigenvalue weighted by molar-refractivity contribution is 0.0521. The first-order valence-corrected chi connectivity index (χ1v) is 6.62. The van der Waals surface area contributed by atoms with Gasteiger partial charge in [0.25, 0.3) is 0 Å². The van der Waals surface area contributed by atoms with Crippen LogP contribution < -0.4 is 5.73 Å². The van der Waals surface area contributed by atoms with Crippen molar-refractivity contribution in [2.45, 2.75) is 20.8 Å². The van der Waals surface area contributed by atoms with E-state index in [9.17, 15) is 4.79 Å². The average Bonchev–Trinajstić information content (AvgIpc) is 2.69. The fourth-order valence-electron chi connectivity index (χ4n) is 2.04. The number of nitrogens with two attached hydrogens (primary N) is 1. The minimum atomic E-state index is -0.522. The molecule has 106 valence electrons. The van der Waals surface area contributed by atoms with Crippen LogP contribution in [0.25, 0.3) is 5.69 Å². The maximum Gasteiger partial charge on any atom is 0.360 e. The molecular formula is C14H16ClN3O2. The maximum atomic E-state index is 11.8. The Labute approximate surface area is 122 Å². The number of hydrogen-bond donors (Lipinski definition) is 1. The van der Waals surface area contributed by atoms with Gasteiger partial charge < -0.3 is 10.5 Å². The average molecular weight is 294 g/mol. The molecule has 0 aliphatic heterocycles. The monoisotopic (exact) mass is 293 g/mol. The summed E-state index contributed by atoms with van der Waals surface area (Å²) < 4.78 is 6.65. The lowest BCUT2D eigenvalue weighted by Crippen LogP contribution is -2.10. The van der Waals surface area contributed by atoms with E-state index in [0.29, 0.717) is 10.8 Å². The van der Waals surface area contributed by atoms with Gasteiger partial charge in [-0.15, -0.1) is 0 Å². The largest absolute Gasteiger partial charge is 0.461 e. The predicted molar refractivity (Wildman–Crippen MR) is 78.4 cm³/mol. The van der Waals surface area contributed by atoms with E-state index in [-0.39, 0.29) is 18.1 Å². The van der Waals surface area contributed by atoms with Crippen LogP contribution in [0.15, 0.2) is 18.2 Å². The number of ether oxygens (including phenoxy) is 1. The molecule has 2 aromatic rings. The Bertz CT molecular complexity index is 665. The molecule has 0 radical (unpaired) electrons. The number of hydrogen-bond acceptors (Lipinski definition) is 4. The number of esters is 1. The van der Waals surface area contributed by atoms with E-state index in [1.165, 1.54) is 0 Å². The van der Waals surface area contributed by atoms with E-state index < -0.39 is 5.97 Å². The standard InChI is InChI=1S/C14H16ClN3O2/c1-4-20-14(19)12-13(16)18(9(3)17-12)11-7-5-6-10(15)8(11)2/h5-7H,4,16H2,1-3H3. The molecule has 0 saturated heterocycles. The summed E-state index contributed by atoms with van der Waals surface area (Å²) in [7, 11) is 0. The van der Waals surface area contributed by atoms with Crippen LogP contribution in [0.5, 0.6) is 0 Å². The summed E-state index contributed by atoms with van der Waals surface area (Å²) in [5.74, 6) is 0.341. The first kappa shape index (κ1) is 14.4. The number of nitrogens with zero attached hydrogens (tertiary/aromatic N) is 2. The van der Waals surface area contributed by atoms with Gasteiger partial charge in [0, 0.05) is 5.02 Å². The highest BCUT2D eigenvalue weighted by molar-refractivity contribution is 6.31. The highest BCUT2D eigenvalue weighted by Crippen LogP contribution is 2.27. The Morgan fingerprint density at radius 1 is 1.45 bits per heavy atom. The first-order chi connectivity index (χ1) is 9.47. The van der Waals surface area contributed by atoms with Crippen molar-refractivity contribution < 1.29 is 9.53 Å². The van der Waals surface area contributed by atoms with E-state index in [4.69, 9.17) is 22.1 Å². The Morgan fingerprint density at radius 2 is 2.15 bits per heavy atom. The van der Waals surface area contributed by atoms with Crippen molar-refractivity contribution in [3.05, 3.63) is 40.3 Å². The van der Waals surface area contributed by atoms with Crippen LogP contribution in [0.2, 0.25) is 5.02 Å². The van der Waals surface area contributed by atoms with Crippen LogP contribution in [-0.4, -0.2) is 22.1 Å². The summed E-state index contributed by atoms with van der Waals surface area (Å²) in [5, 5.41) is 0.632. The molecule has 2 rings (SSSR count). The topological polar surface area (TPSA) is 70.1 Å². The van der Waals surface area contributed by atoms with Gasteiger partial charge in [0.05, 0.1) is 12.3 Å². The molecule has 20 heavy (non-hydrogen) atoms. The van der Waals surface area contributed by atoms with Crippen molar-refractivity contribution in [1.29, 1.82) is 0 Å². The molecule has 0 unspecified atom stereocenters. The molecule has 0 bridgehead atoms. The minimum absolute atomic E-state index is 0.128. The van der Waals surface area contributed by atoms with Crippen LogP contribution in [0.3, 0.4) is 0 Å². The van der Waals surface area contributed by atoms with E-state index in [1.807, 2.05) is 19.1 Å². The van der Waals surface area contributed by atoms with Gasteiger partial charge in [-0.05, 0) is 38.5 Å². The normalized spacial score (nSPS) is 10.6. The summed E-state index contributed by atoms with van der Waals surface area (Å²) in [6, 6.07) is 5.50. The molecular weight excluding hydrogens is 278 g/mol. The van der Waals surface area contributed by atoms with Crippen molar-refractivity contribution in [2.75, 3.05) is 12.3 Å². The quantitative estimate of drug-likeness (QED) is 0.883. The maximum absolute atomic E-state index is 11.8. The van der Waals surface area contributed by atoms with Crippen LogP contribution in [0, 0.1) is 13.8 Å². The summed E-state index contributed by atoms with van der Waals surface area (Å²) in [4.78, 5) is 16.0. The smallest absolute Gasteiger partial charge is 0.360 e. The zero-order chi connectivity index (χ0) is 14.9. The number of carbonyl (C=O) groups excluding carboxylic acids is 1. The van der Waals surface area contributed by atoms with Gasteiger partial charge in [0.15, 0.2) is 5.69 Å². The zero-order valence-corrected chi connectivity index (χ0v) is 12.4. The van der Waals surface area contributed by atoms with E-state index in [1.54, 1.807) is 24.5 Å². The number of carbonyl (C=O) groups is 1. The lowest BCUT2D eigenvalue weighted by atomic mass is 10.2. The number of aryl methyl sites for hydroxylation is 1. The van der Waals surface area contributed by atoms with Crippen LogP contribution in [0.1, 0.15) is 28.8 Å². The number of aromatic nitrogens is 2.